The number of methoxy groups -OCH3 is 1. The highest BCUT2D eigenvalue weighted by Crippen LogP contribution is 2.35. The van der Waals surface area contributed by atoms with Crippen LogP contribution in [0.5, 0.6) is 5.75 Å². The average molecular weight is 620 g/mol. The molecule has 1 atom stereocenters. The molecule has 4 rings (SSSR count). The predicted molar refractivity (Wildman–Crippen MR) is 169 cm³/mol. The number of aryl methyl sites for hydroxylation is 1. The summed E-state index contributed by atoms with van der Waals surface area (Å²) in [4.78, 5) is 29.1. The van der Waals surface area contributed by atoms with Crippen LogP contribution in [0.25, 0.3) is 0 Å². The zero-order valence-corrected chi connectivity index (χ0v) is 25.8. The Morgan fingerprint density at radius 3 is 2.07 bits per heavy atom. The average Bonchev–Trinajstić information content (AvgIpc) is 3.02. The van der Waals surface area contributed by atoms with Crippen molar-refractivity contribution in [1.29, 1.82) is 0 Å². The first-order valence-electron chi connectivity index (χ1n) is 13.7. The summed E-state index contributed by atoms with van der Waals surface area (Å²) >= 11 is 6.32. The van der Waals surface area contributed by atoms with Gasteiger partial charge in [0.05, 0.1) is 17.7 Å². The number of likely N-dealkylation sites (N-methyl/N-ethyl adjacent to an activating group) is 1. The van der Waals surface area contributed by atoms with Gasteiger partial charge in [0.1, 0.15) is 18.3 Å². The molecule has 1 N–H and O–H groups in total. The summed E-state index contributed by atoms with van der Waals surface area (Å²) in [7, 11) is -1.36. The molecule has 0 aromatic heterocycles. The molecule has 4 aromatic carbocycles. The van der Waals surface area contributed by atoms with Crippen LogP contribution in [0.4, 0.5) is 5.69 Å². The third-order valence-corrected chi connectivity index (χ3v) is 9.02. The number of benzene rings is 4. The molecule has 224 valence electrons. The van der Waals surface area contributed by atoms with E-state index in [9.17, 15) is 18.0 Å². The van der Waals surface area contributed by atoms with Crippen LogP contribution in [0.2, 0.25) is 5.02 Å². The molecule has 0 saturated heterocycles. The fourth-order valence-electron chi connectivity index (χ4n) is 4.71. The Morgan fingerprint density at radius 1 is 0.884 bits per heavy atom. The van der Waals surface area contributed by atoms with Crippen LogP contribution in [0.15, 0.2) is 108 Å². The summed E-state index contributed by atoms with van der Waals surface area (Å²) in [5.41, 5.74) is 2.61. The zero-order chi connectivity index (χ0) is 31.0. The predicted octanol–water partition coefficient (Wildman–Crippen LogP) is 5.24. The second-order valence-corrected chi connectivity index (χ2v) is 12.3. The lowest BCUT2D eigenvalue weighted by Crippen LogP contribution is -2.53. The monoisotopic (exact) mass is 619 g/mol. The number of halogens is 1. The molecule has 0 aliphatic carbocycles. The Balaban J connectivity index is 1.83. The highest BCUT2D eigenvalue weighted by Gasteiger charge is 2.35. The minimum absolute atomic E-state index is 0.00493. The minimum atomic E-state index is -4.29. The van der Waals surface area contributed by atoms with Crippen molar-refractivity contribution >= 4 is 39.1 Å². The second kappa shape index (κ2) is 14.2. The number of sulfonamides is 1. The van der Waals surface area contributed by atoms with Crippen LogP contribution in [-0.2, 0) is 32.6 Å². The van der Waals surface area contributed by atoms with Gasteiger partial charge in [0.25, 0.3) is 10.0 Å². The first-order valence-corrected chi connectivity index (χ1v) is 15.5. The number of ether oxygens (including phenoxy) is 1. The largest absolute Gasteiger partial charge is 0.495 e. The number of amides is 2. The number of hydrogen-bond acceptors (Lipinski definition) is 5. The van der Waals surface area contributed by atoms with Gasteiger partial charge in [-0.3, -0.25) is 13.9 Å². The number of anilines is 1. The number of hydrogen-bond donors (Lipinski definition) is 1. The molecular formula is C33H34ClN3O5S. The lowest BCUT2D eigenvalue weighted by atomic mass is 10.0. The van der Waals surface area contributed by atoms with Crippen LogP contribution < -0.4 is 14.4 Å². The molecule has 0 aliphatic heterocycles. The van der Waals surface area contributed by atoms with Gasteiger partial charge in [0.2, 0.25) is 11.8 Å². The van der Waals surface area contributed by atoms with Crippen molar-refractivity contribution in [3.05, 3.63) is 125 Å². The number of rotatable bonds is 12. The molecule has 4 aromatic rings. The highest BCUT2D eigenvalue weighted by atomic mass is 35.5. The summed E-state index contributed by atoms with van der Waals surface area (Å²) < 4.78 is 34.8. The Hall–Kier alpha value is -4.34. The maximum Gasteiger partial charge on any atom is 0.264 e. The molecule has 0 aliphatic rings. The van der Waals surface area contributed by atoms with Gasteiger partial charge in [0.15, 0.2) is 0 Å². The van der Waals surface area contributed by atoms with Gasteiger partial charge in [-0.1, -0.05) is 90.0 Å². The Kier molecular flexibility index (Phi) is 10.4. The first kappa shape index (κ1) is 31.6. The number of nitrogens with zero attached hydrogens (tertiary/aromatic N) is 2. The number of carbonyl (C=O) groups is 2. The van der Waals surface area contributed by atoms with Gasteiger partial charge >= 0.3 is 0 Å². The maximum atomic E-state index is 14.4. The molecule has 0 unspecified atom stereocenters. The molecule has 43 heavy (non-hydrogen) atoms. The molecule has 0 bridgehead atoms. The maximum absolute atomic E-state index is 14.4. The minimum Gasteiger partial charge on any atom is -0.495 e. The highest BCUT2D eigenvalue weighted by molar-refractivity contribution is 7.92. The molecule has 0 spiro atoms. The normalized spacial score (nSPS) is 11.8. The Bertz CT molecular complexity index is 1650. The third-order valence-electron chi connectivity index (χ3n) is 7.01. The van der Waals surface area contributed by atoms with E-state index in [2.05, 4.69) is 5.32 Å². The number of nitrogens with one attached hydrogen (secondary N) is 1. The van der Waals surface area contributed by atoms with Crippen LogP contribution in [0, 0.1) is 6.92 Å². The quantitative estimate of drug-likeness (QED) is 0.234. The van der Waals surface area contributed by atoms with Crippen LogP contribution >= 0.6 is 11.6 Å². The van der Waals surface area contributed by atoms with Crippen molar-refractivity contribution in [3.8, 4) is 5.75 Å². The zero-order valence-electron chi connectivity index (χ0n) is 24.2. The van der Waals surface area contributed by atoms with E-state index in [1.165, 1.54) is 37.3 Å². The summed E-state index contributed by atoms with van der Waals surface area (Å²) in [6.45, 7) is 1.32. The molecule has 10 heteroatoms. The van der Waals surface area contributed by atoms with E-state index in [0.717, 1.165) is 21.0 Å². The number of carbonyl (C=O) groups excluding carboxylic acids is 2. The van der Waals surface area contributed by atoms with Crippen molar-refractivity contribution in [1.82, 2.24) is 10.2 Å². The van der Waals surface area contributed by atoms with E-state index in [1.54, 1.807) is 24.3 Å². The van der Waals surface area contributed by atoms with Gasteiger partial charge in [-0.25, -0.2) is 8.42 Å². The van der Waals surface area contributed by atoms with Crippen molar-refractivity contribution < 1.29 is 22.7 Å². The Labute approximate surface area is 257 Å². The third kappa shape index (κ3) is 7.74. The van der Waals surface area contributed by atoms with E-state index in [1.807, 2.05) is 67.6 Å². The fraction of sp³-hybridized carbons (Fsp3) is 0.212. The van der Waals surface area contributed by atoms with E-state index >= 15 is 0 Å². The van der Waals surface area contributed by atoms with Gasteiger partial charge in [-0.15, -0.1) is 0 Å². The van der Waals surface area contributed by atoms with Gasteiger partial charge in [0, 0.05) is 25.0 Å². The molecule has 0 saturated carbocycles. The smallest absolute Gasteiger partial charge is 0.264 e. The van der Waals surface area contributed by atoms with Gasteiger partial charge < -0.3 is 15.0 Å². The lowest BCUT2D eigenvalue weighted by molar-refractivity contribution is -0.139. The summed E-state index contributed by atoms with van der Waals surface area (Å²) in [5, 5.41) is 2.94. The molecule has 2 amide bonds. The van der Waals surface area contributed by atoms with Crippen molar-refractivity contribution in [2.75, 3.05) is 25.0 Å². The standard InChI is InChI=1S/C33H34ClN3O5S/c1-24-14-17-28(18-15-24)43(40,41)37(29-21-27(34)16-19-31(29)42-3)23-32(38)36(22-26-12-8-5-9-13-26)30(33(39)35-2)20-25-10-6-4-7-11-25/h4-19,21,30H,20,22-23H2,1-3H3,(H,35,39)/t30-/m0/s1. The molecule has 0 heterocycles. The van der Waals surface area contributed by atoms with Crippen molar-refractivity contribution in [3.63, 3.8) is 0 Å². The van der Waals surface area contributed by atoms with Crippen LogP contribution in [0.1, 0.15) is 16.7 Å². The fourth-order valence-corrected chi connectivity index (χ4v) is 6.29. The second-order valence-electron chi connectivity index (χ2n) is 9.97. The van der Waals surface area contributed by atoms with E-state index < -0.39 is 28.5 Å². The first-order chi connectivity index (χ1) is 20.6. The summed E-state index contributed by atoms with van der Waals surface area (Å²) in [6.07, 6.45) is 0.226. The summed E-state index contributed by atoms with van der Waals surface area (Å²) in [6, 6.07) is 28.6. The van der Waals surface area contributed by atoms with Crippen molar-refractivity contribution in [2.45, 2.75) is 30.8 Å². The van der Waals surface area contributed by atoms with Crippen LogP contribution in [-0.4, -0.2) is 51.9 Å². The SMILES string of the molecule is CNC(=O)[C@H](Cc1ccccc1)N(Cc1ccccc1)C(=O)CN(c1cc(Cl)ccc1OC)S(=O)(=O)c1ccc(C)cc1. The van der Waals surface area contributed by atoms with E-state index in [0.29, 0.717) is 0 Å². The molecule has 0 radical (unpaired) electrons. The molecule has 0 fully saturated rings. The van der Waals surface area contributed by atoms with Gasteiger partial charge in [-0.2, -0.15) is 0 Å². The summed E-state index contributed by atoms with van der Waals surface area (Å²) in [5.74, 6) is -0.734. The lowest BCUT2D eigenvalue weighted by Gasteiger charge is -2.34. The van der Waals surface area contributed by atoms with Crippen LogP contribution in [0.3, 0.4) is 0 Å². The van der Waals surface area contributed by atoms with Crippen molar-refractivity contribution in [2.24, 2.45) is 0 Å². The van der Waals surface area contributed by atoms with E-state index in [-0.39, 0.29) is 40.2 Å². The van der Waals surface area contributed by atoms with Gasteiger partial charge in [-0.05, 0) is 48.4 Å². The topological polar surface area (TPSA) is 96.0 Å². The van der Waals surface area contributed by atoms with E-state index in [4.69, 9.17) is 16.3 Å². The molecule has 8 nitrogen and oxygen atoms in total. The molecular weight excluding hydrogens is 586 g/mol. The Morgan fingerprint density at radius 2 is 1.49 bits per heavy atom.